The number of amides is 1. The standard InChI is InChI=1S/C7H13ClN2O3S/c1-14(12,13)10-4-2-3-9(5-6-10)7(8)11/h2-6H2,1H3. The van der Waals surface area contributed by atoms with Crippen LogP contribution in [0, 0.1) is 0 Å². The van der Waals surface area contributed by atoms with Crippen LogP contribution < -0.4 is 0 Å². The molecule has 14 heavy (non-hydrogen) atoms. The van der Waals surface area contributed by atoms with Crippen molar-refractivity contribution in [3.8, 4) is 0 Å². The molecule has 1 aliphatic rings. The van der Waals surface area contributed by atoms with Crippen LogP contribution in [0.15, 0.2) is 0 Å². The van der Waals surface area contributed by atoms with Gasteiger partial charge < -0.3 is 4.90 Å². The van der Waals surface area contributed by atoms with Crippen LogP contribution in [0.4, 0.5) is 4.79 Å². The molecule has 0 aliphatic carbocycles. The zero-order chi connectivity index (χ0) is 10.8. The summed E-state index contributed by atoms with van der Waals surface area (Å²) in [5.41, 5.74) is 0. The van der Waals surface area contributed by atoms with Gasteiger partial charge in [0.05, 0.1) is 6.26 Å². The molecule has 0 radical (unpaired) electrons. The molecule has 0 aromatic carbocycles. The van der Waals surface area contributed by atoms with Crippen LogP contribution in [0.5, 0.6) is 0 Å². The topological polar surface area (TPSA) is 57.7 Å². The Morgan fingerprint density at radius 1 is 1.21 bits per heavy atom. The predicted molar refractivity (Wildman–Crippen MR) is 53.9 cm³/mol. The first-order chi connectivity index (χ1) is 6.41. The van der Waals surface area contributed by atoms with Gasteiger partial charge in [-0.05, 0) is 18.0 Å². The van der Waals surface area contributed by atoms with Crippen molar-refractivity contribution in [2.45, 2.75) is 6.42 Å². The van der Waals surface area contributed by atoms with Gasteiger partial charge in [-0.1, -0.05) is 0 Å². The lowest BCUT2D eigenvalue weighted by Crippen LogP contribution is -2.35. The maximum Gasteiger partial charge on any atom is 0.316 e. The summed E-state index contributed by atoms with van der Waals surface area (Å²) in [4.78, 5) is 12.3. The van der Waals surface area contributed by atoms with Crippen LogP contribution >= 0.6 is 11.6 Å². The molecular weight excluding hydrogens is 228 g/mol. The van der Waals surface area contributed by atoms with E-state index in [0.29, 0.717) is 32.6 Å². The second-order valence-corrected chi connectivity index (χ2v) is 5.56. The second-order valence-electron chi connectivity index (χ2n) is 3.26. The van der Waals surface area contributed by atoms with Crippen LogP contribution in [0.1, 0.15) is 6.42 Å². The lowest BCUT2D eigenvalue weighted by molar-refractivity contribution is 0.224. The van der Waals surface area contributed by atoms with Gasteiger partial charge in [-0.2, -0.15) is 0 Å². The van der Waals surface area contributed by atoms with Crippen LogP contribution in [0.3, 0.4) is 0 Å². The zero-order valence-corrected chi connectivity index (χ0v) is 9.51. The molecule has 1 rings (SSSR count). The van der Waals surface area contributed by atoms with E-state index >= 15 is 0 Å². The van der Waals surface area contributed by atoms with Crippen molar-refractivity contribution >= 4 is 27.0 Å². The van der Waals surface area contributed by atoms with E-state index in [9.17, 15) is 13.2 Å². The SMILES string of the molecule is CS(=O)(=O)N1CCCN(C(=O)Cl)CC1. The number of hydrogen-bond acceptors (Lipinski definition) is 3. The Morgan fingerprint density at radius 2 is 1.86 bits per heavy atom. The van der Waals surface area contributed by atoms with Gasteiger partial charge in [0.25, 0.3) is 0 Å². The fourth-order valence-electron chi connectivity index (χ4n) is 1.40. The summed E-state index contributed by atoms with van der Waals surface area (Å²) in [6.45, 7) is 1.68. The Balaban J connectivity index is 2.62. The minimum absolute atomic E-state index is 0.331. The van der Waals surface area contributed by atoms with E-state index in [2.05, 4.69) is 0 Å². The van der Waals surface area contributed by atoms with Crippen molar-refractivity contribution in [1.29, 1.82) is 0 Å². The van der Waals surface area contributed by atoms with E-state index < -0.39 is 15.4 Å². The normalized spacial score (nSPS) is 20.6. The Morgan fingerprint density at radius 3 is 2.36 bits per heavy atom. The van der Waals surface area contributed by atoms with E-state index in [1.165, 1.54) is 15.5 Å². The molecule has 0 aromatic heterocycles. The summed E-state index contributed by atoms with van der Waals surface area (Å²) in [5, 5.41) is -0.514. The molecule has 1 aliphatic heterocycles. The molecule has 1 amide bonds. The molecule has 1 saturated heterocycles. The molecule has 0 aromatic rings. The molecule has 1 fully saturated rings. The van der Waals surface area contributed by atoms with Crippen molar-refractivity contribution < 1.29 is 13.2 Å². The Kier molecular flexibility index (Phi) is 3.74. The Bertz CT molecular complexity index is 317. The second kappa shape index (κ2) is 4.46. The highest BCUT2D eigenvalue weighted by molar-refractivity contribution is 7.88. The van der Waals surface area contributed by atoms with Gasteiger partial charge >= 0.3 is 5.37 Å². The van der Waals surface area contributed by atoms with E-state index in [1.54, 1.807) is 0 Å². The molecule has 1 heterocycles. The van der Waals surface area contributed by atoms with Gasteiger partial charge in [0, 0.05) is 26.2 Å². The predicted octanol–water partition coefficient (Wildman–Crippen LogP) is 0.313. The third-order valence-corrected chi connectivity index (χ3v) is 3.71. The molecule has 5 nitrogen and oxygen atoms in total. The highest BCUT2D eigenvalue weighted by atomic mass is 35.5. The van der Waals surface area contributed by atoms with Gasteiger partial charge in [-0.15, -0.1) is 0 Å². The number of nitrogens with zero attached hydrogens (tertiary/aromatic N) is 2. The Labute approximate surface area is 88.7 Å². The summed E-state index contributed by atoms with van der Waals surface area (Å²) >= 11 is 5.31. The first-order valence-electron chi connectivity index (χ1n) is 4.31. The maximum atomic E-state index is 11.2. The first kappa shape index (κ1) is 11.7. The summed E-state index contributed by atoms with van der Waals surface area (Å²) in [6, 6.07) is 0. The van der Waals surface area contributed by atoms with Crippen LogP contribution in [0.2, 0.25) is 0 Å². The van der Waals surface area contributed by atoms with E-state index in [4.69, 9.17) is 11.6 Å². The first-order valence-corrected chi connectivity index (χ1v) is 6.53. The van der Waals surface area contributed by atoms with Crippen molar-refractivity contribution in [1.82, 2.24) is 9.21 Å². The fourth-order valence-corrected chi connectivity index (χ4v) is 2.44. The number of hydrogen-bond donors (Lipinski definition) is 0. The minimum Gasteiger partial charge on any atom is -0.328 e. The summed E-state index contributed by atoms with van der Waals surface area (Å²) in [7, 11) is -3.15. The van der Waals surface area contributed by atoms with Gasteiger partial charge in [-0.25, -0.2) is 12.7 Å². The van der Waals surface area contributed by atoms with Gasteiger partial charge in [0.2, 0.25) is 10.0 Å². The highest BCUT2D eigenvalue weighted by Crippen LogP contribution is 2.08. The van der Waals surface area contributed by atoms with Crippen molar-refractivity contribution in [3.63, 3.8) is 0 Å². The number of carbonyl (C=O) groups is 1. The number of rotatable bonds is 1. The number of sulfonamides is 1. The van der Waals surface area contributed by atoms with Crippen molar-refractivity contribution in [2.75, 3.05) is 32.4 Å². The fraction of sp³-hybridized carbons (Fsp3) is 0.857. The maximum absolute atomic E-state index is 11.2. The number of halogens is 1. The smallest absolute Gasteiger partial charge is 0.316 e. The van der Waals surface area contributed by atoms with Crippen LogP contribution in [0.25, 0.3) is 0 Å². The summed E-state index contributed by atoms with van der Waals surface area (Å²) in [6.07, 6.45) is 1.80. The largest absolute Gasteiger partial charge is 0.328 e. The molecule has 0 bridgehead atoms. The molecule has 0 spiro atoms. The molecule has 0 saturated carbocycles. The molecule has 0 N–H and O–H groups in total. The lowest BCUT2D eigenvalue weighted by atomic mass is 10.4. The van der Waals surface area contributed by atoms with Crippen LogP contribution in [-0.4, -0.2) is 55.4 Å². The third-order valence-electron chi connectivity index (χ3n) is 2.17. The van der Waals surface area contributed by atoms with Crippen LogP contribution in [-0.2, 0) is 10.0 Å². The summed E-state index contributed by atoms with van der Waals surface area (Å²) in [5.74, 6) is 0. The molecule has 0 unspecified atom stereocenters. The lowest BCUT2D eigenvalue weighted by Gasteiger charge is -2.18. The molecular formula is C7H13ClN2O3S. The zero-order valence-electron chi connectivity index (χ0n) is 7.94. The third kappa shape index (κ3) is 3.11. The van der Waals surface area contributed by atoms with Gasteiger partial charge in [-0.3, -0.25) is 4.79 Å². The average Bonchev–Trinajstić information content (AvgIpc) is 2.26. The summed E-state index contributed by atoms with van der Waals surface area (Å²) < 4.78 is 23.8. The van der Waals surface area contributed by atoms with E-state index in [-0.39, 0.29) is 0 Å². The van der Waals surface area contributed by atoms with Gasteiger partial charge in [0.1, 0.15) is 0 Å². The molecule has 82 valence electrons. The molecule has 7 heteroatoms. The van der Waals surface area contributed by atoms with E-state index in [0.717, 1.165) is 0 Å². The van der Waals surface area contributed by atoms with Crippen molar-refractivity contribution in [2.24, 2.45) is 0 Å². The Hall–Kier alpha value is -0.330. The van der Waals surface area contributed by atoms with Gasteiger partial charge in [0.15, 0.2) is 0 Å². The highest BCUT2D eigenvalue weighted by Gasteiger charge is 2.22. The quantitative estimate of drug-likeness (QED) is 0.490. The minimum atomic E-state index is -3.15. The van der Waals surface area contributed by atoms with E-state index in [1.807, 2.05) is 0 Å². The number of carbonyl (C=O) groups excluding carboxylic acids is 1. The molecule has 0 atom stereocenters. The van der Waals surface area contributed by atoms with Crippen molar-refractivity contribution in [3.05, 3.63) is 0 Å². The monoisotopic (exact) mass is 240 g/mol. The average molecular weight is 241 g/mol.